The van der Waals surface area contributed by atoms with Crippen molar-refractivity contribution in [3.63, 3.8) is 0 Å². The fourth-order valence-electron chi connectivity index (χ4n) is 2.30. The van der Waals surface area contributed by atoms with Crippen LogP contribution in [-0.2, 0) is 16.1 Å². The van der Waals surface area contributed by atoms with E-state index in [4.69, 9.17) is 9.15 Å². The van der Waals surface area contributed by atoms with Crippen LogP contribution in [0.3, 0.4) is 0 Å². The topological polar surface area (TPSA) is 73.8 Å². The van der Waals surface area contributed by atoms with Crippen LogP contribution in [-0.4, -0.2) is 23.1 Å². The van der Waals surface area contributed by atoms with Gasteiger partial charge in [0.15, 0.2) is 10.6 Å². The minimum atomic E-state index is -0.448. The summed E-state index contributed by atoms with van der Waals surface area (Å²) in [4.78, 5) is 28.5. The number of amides is 1. The molecule has 3 aromatic rings. The van der Waals surface area contributed by atoms with Gasteiger partial charge in [-0.15, -0.1) is 0 Å². The normalized spacial score (nSPS) is 11.8. The highest BCUT2D eigenvalue weighted by molar-refractivity contribution is 7.16. The van der Waals surface area contributed by atoms with Crippen LogP contribution in [0.5, 0.6) is 0 Å². The standard InChI is InChI=1S/C17H16N2O4S/c1-2-22-15(20)9-10-19-12-6-3-4-8-14(12)24-17(19)18-16(21)13-7-5-11-23-13/h3-8,11H,2,9-10H2,1H3. The molecule has 1 amide bonds. The van der Waals surface area contributed by atoms with Gasteiger partial charge in [0.05, 0.1) is 29.5 Å². The zero-order valence-corrected chi connectivity index (χ0v) is 13.9. The van der Waals surface area contributed by atoms with Crippen LogP contribution in [0.15, 0.2) is 52.1 Å². The number of thiazole rings is 1. The Labute approximate surface area is 142 Å². The van der Waals surface area contributed by atoms with Gasteiger partial charge < -0.3 is 13.7 Å². The molecule has 0 aliphatic heterocycles. The van der Waals surface area contributed by atoms with Gasteiger partial charge in [-0.05, 0) is 31.2 Å². The van der Waals surface area contributed by atoms with Crippen molar-refractivity contribution in [1.82, 2.24) is 4.57 Å². The van der Waals surface area contributed by atoms with Gasteiger partial charge in [0.2, 0.25) is 0 Å². The predicted molar refractivity (Wildman–Crippen MR) is 89.7 cm³/mol. The molecule has 1 aromatic carbocycles. The average molecular weight is 344 g/mol. The van der Waals surface area contributed by atoms with Crippen molar-refractivity contribution in [2.24, 2.45) is 4.99 Å². The Balaban J connectivity index is 1.98. The predicted octanol–water partition coefficient (Wildman–Crippen LogP) is 2.99. The van der Waals surface area contributed by atoms with E-state index in [-0.39, 0.29) is 18.2 Å². The maximum atomic E-state index is 12.2. The first kappa shape index (κ1) is 16.2. The Morgan fingerprint density at radius 1 is 1.25 bits per heavy atom. The number of aryl methyl sites for hydroxylation is 1. The summed E-state index contributed by atoms with van der Waals surface area (Å²) >= 11 is 1.40. The number of para-hydroxylation sites is 1. The van der Waals surface area contributed by atoms with Crippen LogP contribution in [0.2, 0.25) is 0 Å². The monoisotopic (exact) mass is 344 g/mol. The number of hydrogen-bond acceptors (Lipinski definition) is 5. The average Bonchev–Trinajstić information content (AvgIpc) is 3.21. The second kappa shape index (κ2) is 7.27. The summed E-state index contributed by atoms with van der Waals surface area (Å²) in [5, 5.41) is 0. The Morgan fingerprint density at radius 2 is 2.08 bits per heavy atom. The highest BCUT2D eigenvalue weighted by atomic mass is 32.1. The molecular formula is C17H16N2O4S. The molecule has 0 saturated carbocycles. The van der Waals surface area contributed by atoms with E-state index in [0.29, 0.717) is 18.0 Å². The van der Waals surface area contributed by atoms with Gasteiger partial charge in [-0.25, -0.2) is 0 Å². The van der Waals surface area contributed by atoms with Crippen LogP contribution >= 0.6 is 11.3 Å². The van der Waals surface area contributed by atoms with Crippen molar-refractivity contribution in [1.29, 1.82) is 0 Å². The zero-order valence-electron chi connectivity index (χ0n) is 13.1. The van der Waals surface area contributed by atoms with E-state index in [1.165, 1.54) is 17.6 Å². The van der Waals surface area contributed by atoms with Crippen molar-refractivity contribution in [3.05, 3.63) is 53.2 Å². The molecule has 0 radical (unpaired) electrons. The molecule has 2 heterocycles. The van der Waals surface area contributed by atoms with Crippen LogP contribution in [0.4, 0.5) is 0 Å². The van der Waals surface area contributed by atoms with Crippen LogP contribution in [0.1, 0.15) is 23.9 Å². The molecule has 0 unspecified atom stereocenters. The summed E-state index contributed by atoms with van der Waals surface area (Å²) in [6.07, 6.45) is 1.65. The molecule has 24 heavy (non-hydrogen) atoms. The van der Waals surface area contributed by atoms with E-state index in [1.807, 2.05) is 28.8 Å². The van der Waals surface area contributed by atoms with Gasteiger partial charge in [-0.2, -0.15) is 4.99 Å². The third-order valence-corrected chi connectivity index (χ3v) is 4.42. The smallest absolute Gasteiger partial charge is 0.315 e. The summed E-state index contributed by atoms with van der Waals surface area (Å²) in [6.45, 7) is 2.52. The third-order valence-electron chi connectivity index (χ3n) is 3.36. The number of nitrogens with zero attached hydrogens (tertiary/aromatic N) is 2. The highest BCUT2D eigenvalue weighted by Crippen LogP contribution is 2.17. The minimum Gasteiger partial charge on any atom is -0.466 e. The minimum absolute atomic E-state index is 0.185. The number of furan rings is 1. The van der Waals surface area contributed by atoms with Gasteiger partial charge in [0, 0.05) is 6.54 Å². The van der Waals surface area contributed by atoms with Gasteiger partial charge in [0.25, 0.3) is 0 Å². The number of aromatic nitrogens is 1. The number of rotatable bonds is 5. The van der Waals surface area contributed by atoms with Gasteiger partial charge >= 0.3 is 11.9 Å². The number of carbonyl (C=O) groups is 2. The molecule has 0 aliphatic carbocycles. The van der Waals surface area contributed by atoms with E-state index in [1.54, 1.807) is 19.1 Å². The Morgan fingerprint density at radius 3 is 2.83 bits per heavy atom. The zero-order chi connectivity index (χ0) is 16.9. The van der Waals surface area contributed by atoms with Crippen molar-refractivity contribution in [3.8, 4) is 0 Å². The fraction of sp³-hybridized carbons (Fsp3) is 0.235. The summed E-state index contributed by atoms with van der Waals surface area (Å²) in [6, 6.07) is 10.9. The molecular weight excluding hydrogens is 328 g/mol. The fourth-order valence-corrected chi connectivity index (χ4v) is 3.36. The molecule has 7 heteroatoms. The van der Waals surface area contributed by atoms with E-state index >= 15 is 0 Å². The number of fused-ring (bicyclic) bond motifs is 1. The summed E-state index contributed by atoms with van der Waals surface area (Å²) < 4.78 is 12.9. The Kier molecular flexibility index (Phi) is 4.90. The molecule has 2 aromatic heterocycles. The third kappa shape index (κ3) is 3.46. The second-order valence-electron chi connectivity index (χ2n) is 4.95. The van der Waals surface area contributed by atoms with Crippen molar-refractivity contribution in [2.45, 2.75) is 19.9 Å². The Bertz CT molecular complexity index is 922. The summed E-state index contributed by atoms with van der Waals surface area (Å²) in [5.74, 6) is -0.538. The van der Waals surface area contributed by atoms with E-state index in [9.17, 15) is 9.59 Å². The number of carbonyl (C=O) groups excluding carboxylic acids is 2. The molecule has 0 atom stereocenters. The van der Waals surface area contributed by atoms with Gasteiger partial charge in [0.1, 0.15) is 0 Å². The number of benzene rings is 1. The lowest BCUT2D eigenvalue weighted by Crippen LogP contribution is -2.19. The van der Waals surface area contributed by atoms with Crippen molar-refractivity contribution < 1.29 is 18.7 Å². The maximum absolute atomic E-state index is 12.2. The lowest BCUT2D eigenvalue weighted by Gasteiger charge is -2.05. The molecule has 0 fully saturated rings. The second-order valence-corrected chi connectivity index (χ2v) is 5.96. The van der Waals surface area contributed by atoms with E-state index < -0.39 is 5.91 Å². The van der Waals surface area contributed by atoms with Crippen LogP contribution in [0, 0.1) is 0 Å². The molecule has 3 rings (SSSR count). The summed E-state index contributed by atoms with van der Waals surface area (Å²) in [5.41, 5.74) is 0.929. The van der Waals surface area contributed by atoms with Crippen molar-refractivity contribution in [2.75, 3.05) is 6.61 Å². The molecule has 0 saturated heterocycles. The first-order chi connectivity index (χ1) is 11.7. The lowest BCUT2D eigenvalue weighted by molar-refractivity contribution is -0.143. The van der Waals surface area contributed by atoms with E-state index in [2.05, 4.69) is 4.99 Å². The van der Waals surface area contributed by atoms with Crippen LogP contribution < -0.4 is 4.80 Å². The quantitative estimate of drug-likeness (QED) is 0.667. The SMILES string of the molecule is CCOC(=O)CCn1c(=NC(=O)c2ccco2)sc2ccccc21. The summed E-state index contributed by atoms with van der Waals surface area (Å²) in [7, 11) is 0. The highest BCUT2D eigenvalue weighted by Gasteiger charge is 2.12. The molecule has 0 N–H and O–H groups in total. The number of hydrogen-bond donors (Lipinski definition) is 0. The molecule has 0 bridgehead atoms. The molecule has 0 aliphatic rings. The molecule has 0 spiro atoms. The largest absolute Gasteiger partial charge is 0.466 e. The molecule has 6 nitrogen and oxygen atoms in total. The number of esters is 1. The van der Waals surface area contributed by atoms with Gasteiger partial charge in [-0.1, -0.05) is 23.5 Å². The Hall–Kier alpha value is -2.67. The van der Waals surface area contributed by atoms with Crippen LogP contribution in [0.25, 0.3) is 10.2 Å². The maximum Gasteiger partial charge on any atom is 0.315 e. The first-order valence-corrected chi connectivity index (χ1v) is 8.37. The van der Waals surface area contributed by atoms with Crippen molar-refractivity contribution >= 4 is 33.4 Å². The number of ether oxygens (including phenoxy) is 1. The molecule has 124 valence electrons. The van der Waals surface area contributed by atoms with E-state index in [0.717, 1.165) is 10.2 Å². The lowest BCUT2D eigenvalue weighted by atomic mass is 10.3. The first-order valence-electron chi connectivity index (χ1n) is 7.55. The van der Waals surface area contributed by atoms with Gasteiger partial charge in [-0.3, -0.25) is 9.59 Å².